The van der Waals surface area contributed by atoms with Crippen LogP contribution in [0.15, 0.2) is 67.3 Å². The average molecular weight is 505 g/mol. The Labute approximate surface area is 219 Å². The zero-order chi connectivity index (χ0) is 26.6. The number of ether oxygens (including phenoxy) is 2. The smallest absolute Gasteiger partial charge is 0.308 e. The molecule has 1 heterocycles. The van der Waals surface area contributed by atoms with Crippen LogP contribution in [0.1, 0.15) is 55.5 Å². The molecule has 4 rings (SSSR count). The van der Waals surface area contributed by atoms with Gasteiger partial charge in [0.15, 0.2) is 0 Å². The number of fused-ring (bicyclic) bond motifs is 1. The zero-order valence-electron chi connectivity index (χ0n) is 21.9. The van der Waals surface area contributed by atoms with E-state index in [1.165, 1.54) is 13.8 Å². The van der Waals surface area contributed by atoms with Crippen LogP contribution in [0.3, 0.4) is 0 Å². The molecule has 0 spiro atoms. The van der Waals surface area contributed by atoms with Crippen molar-refractivity contribution in [2.75, 3.05) is 26.7 Å². The summed E-state index contributed by atoms with van der Waals surface area (Å²) in [5, 5.41) is 0. The molecule has 7 nitrogen and oxygen atoms in total. The highest BCUT2D eigenvalue weighted by molar-refractivity contribution is 5.94. The number of hydrogen-bond acceptors (Lipinski definition) is 6. The van der Waals surface area contributed by atoms with Gasteiger partial charge in [-0.1, -0.05) is 36.4 Å². The van der Waals surface area contributed by atoms with Crippen LogP contribution in [0.25, 0.3) is 0 Å². The van der Waals surface area contributed by atoms with Crippen molar-refractivity contribution < 1.29 is 23.9 Å². The number of amides is 1. The van der Waals surface area contributed by atoms with Gasteiger partial charge >= 0.3 is 11.9 Å². The van der Waals surface area contributed by atoms with Gasteiger partial charge in [0.2, 0.25) is 0 Å². The molecule has 1 amide bonds. The summed E-state index contributed by atoms with van der Waals surface area (Å²) in [6.07, 6.45) is 4.53. The molecule has 37 heavy (non-hydrogen) atoms. The summed E-state index contributed by atoms with van der Waals surface area (Å²) < 4.78 is 11.7. The number of rotatable bonds is 7. The minimum Gasteiger partial charge on any atom is -0.457 e. The topological polar surface area (TPSA) is 76.2 Å². The molecule has 0 radical (unpaired) electrons. The number of esters is 2. The maximum absolute atomic E-state index is 13.4. The first-order valence-corrected chi connectivity index (χ1v) is 12.8. The Bertz CT molecular complexity index is 1170. The highest BCUT2D eigenvalue weighted by Crippen LogP contribution is 2.54. The lowest BCUT2D eigenvalue weighted by Crippen LogP contribution is -2.68. The van der Waals surface area contributed by atoms with E-state index in [1.807, 2.05) is 66.6 Å². The Morgan fingerprint density at radius 3 is 2.51 bits per heavy atom. The van der Waals surface area contributed by atoms with Gasteiger partial charge in [-0.3, -0.25) is 19.3 Å². The molecule has 196 valence electrons. The molecule has 1 aliphatic carbocycles. The summed E-state index contributed by atoms with van der Waals surface area (Å²) in [7, 11) is 1.86. The van der Waals surface area contributed by atoms with Crippen molar-refractivity contribution in [3.63, 3.8) is 0 Å². The van der Waals surface area contributed by atoms with Crippen LogP contribution in [-0.4, -0.2) is 66.0 Å². The summed E-state index contributed by atoms with van der Waals surface area (Å²) in [5.41, 5.74) is 0.243. The van der Waals surface area contributed by atoms with E-state index in [1.54, 1.807) is 6.07 Å². The first-order chi connectivity index (χ1) is 17.7. The van der Waals surface area contributed by atoms with Crippen molar-refractivity contribution in [2.24, 2.45) is 0 Å². The van der Waals surface area contributed by atoms with Crippen LogP contribution in [0, 0.1) is 0 Å². The maximum atomic E-state index is 13.4. The second-order valence-electron chi connectivity index (χ2n) is 10.2. The van der Waals surface area contributed by atoms with Crippen LogP contribution in [0.4, 0.5) is 0 Å². The summed E-state index contributed by atoms with van der Waals surface area (Å²) in [6.45, 7) is 8.79. The molecule has 0 N–H and O–H groups in total. The van der Waals surface area contributed by atoms with Gasteiger partial charge in [-0.05, 0) is 62.1 Å². The van der Waals surface area contributed by atoms with E-state index in [9.17, 15) is 14.4 Å². The lowest BCUT2D eigenvalue weighted by Gasteiger charge is -2.60. The standard InChI is InChI=1S/C30H36N2O5/c1-5-17-32-18-16-29(25-12-9-13-27(19-25)36-22(2)33)20-26(14-15-30(29,21-32)37-23(3)34)31(4)28(35)24-10-7-6-8-11-24/h5-13,19,26H,1,14-18,20-21H2,2-4H3/t26-,29?,30?/m0/s1. The first-order valence-electron chi connectivity index (χ1n) is 12.8. The van der Waals surface area contributed by atoms with Crippen molar-refractivity contribution in [2.45, 2.75) is 56.6 Å². The molecule has 1 saturated heterocycles. The number of piperidine rings is 1. The van der Waals surface area contributed by atoms with Gasteiger partial charge in [0.1, 0.15) is 11.4 Å². The van der Waals surface area contributed by atoms with Crippen molar-refractivity contribution >= 4 is 17.8 Å². The summed E-state index contributed by atoms with van der Waals surface area (Å²) in [6, 6.07) is 16.8. The monoisotopic (exact) mass is 504 g/mol. The molecule has 2 aliphatic rings. The molecule has 2 aromatic rings. The van der Waals surface area contributed by atoms with Gasteiger partial charge in [-0.15, -0.1) is 6.58 Å². The molecule has 0 bridgehead atoms. The molecule has 3 atom stereocenters. The SMILES string of the molecule is C=CCN1CCC2(c3cccc(OC(C)=O)c3)C[C@@H](N(C)C(=O)c3ccccc3)CCC2(OC(C)=O)C1. The minimum absolute atomic E-state index is 0.0292. The van der Waals surface area contributed by atoms with E-state index in [0.29, 0.717) is 43.7 Å². The van der Waals surface area contributed by atoms with Crippen molar-refractivity contribution in [3.05, 3.63) is 78.4 Å². The molecule has 1 saturated carbocycles. The summed E-state index contributed by atoms with van der Waals surface area (Å²) in [5.74, 6) is -0.288. The van der Waals surface area contributed by atoms with Gasteiger partial charge in [-0.25, -0.2) is 0 Å². The van der Waals surface area contributed by atoms with Crippen molar-refractivity contribution in [3.8, 4) is 5.75 Å². The largest absolute Gasteiger partial charge is 0.457 e. The fourth-order valence-corrected chi connectivity index (χ4v) is 6.30. The Hall–Kier alpha value is -3.45. The Morgan fingerprint density at radius 2 is 1.84 bits per heavy atom. The molecule has 2 aromatic carbocycles. The van der Waals surface area contributed by atoms with Crippen molar-refractivity contribution in [1.29, 1.82) is 0 Å². The minimum atomic E-state index is -0.790. The van der Waals surface area contributed by atoms with Gasteiger partial charge < -0.3 is 14.4 Å². The number of hydrogen-bond donors (Lipinski definition) is 0. The number of carbonyl (C=O) groups excluding carboxylic acids is 3. The van der Waals surface area contributed by atoms with Gasteiger partial charge in [0, 0.05) is 51.0 Å². The van der Waals surface area contributed by atoms with Gasteiger partial charge in [0.05, 0.1) is 0 Å². The first kappa shape index (κ1) is 26.6. The summed E-state index contributed by atoms with van der Waals surface area (Å²) in [4.78, 5) is 41.7. The van der Waals surface area contributed by atoms with Gasteiger partial charge in [0.25, 0.3) is 5.91 Å². The highest BCUT2D eigenvalue weighted by atomic mass is 16.6. The second-order valence-corrected chi connectivity index (χ2v) is 10.2. The van der Waals surface area contributed by atoms with Crippen molar-refractivity contribution in [1.82, 2.24) is 9.80 Å². The Morgan fingerprint density at radius 1 is 1.08 bits per heavy atom. The van der Waals surface area contributed by atoms with Gasteiger partial charge in [-0.2, -0.15) is 0 Å². The third-order valence-electron chi connectivity index (χ3n) is 7.93. The predicted octanol–water partition coefficient (Wildman–Crippen LogP) is 4.37. The third-order valence-corrected chi connectivity index (χ3v) is 7.93. The molecule has 0 aromatic heterocycles. The lowest BCUT2D eigenvalue weighted by molar-refractivity contribution is -0.188. The molecular weight excluding hydrogens is 468 g/mol. The zero-order valence-corrected chi connectivity index (χ0v) is 21.9. The lowest BCUT2D eigenvalue weighted by atomic mass is 9.55. The number of likely N-dealkylation sites (tertiary alicyclic amines) is 1. The van der Waals surface area contributed by atoms with E-state index >= 15 is 0 Å². The molecule has 2 unspecified atom stereocenters. The quantitative estimate of drug-likeness (QED) is 0.317. The molecule has 2 fully saturated rings. The fourth-order valence-electron chi connectivity index (χ4n) is 6.30. The van der Waals surface area contributed by atoms with E-state index in [2.05, 4.69) is 11.5 Å². The average Bonchev–Trinajstić information content (AvgIpc) is 2.87. The molecule has 7 heteroatoms. The Kier molecular flexibility index (Phi) is 7.83. The van der Waals surface area contributed by atoms with E-state index in [0.717, 1.165) is 18.5 Å². The predicted molar refractivity (Wildman–Crippen MR) is 141 cm³/mol. The van der Waals surface area contributed by atoms with Crippen LogP contribution < -0.4 is 4.74 Å². The molecule has 1 aliphatic heterocycles. The van der Waals surface area contributed by atoms with Crippen LogP contribution in [0.2, 0.25) is 0 Å². The molecular formula is C30H36N2O5. The van der Waals surface area contributed by atoms with E-state index in [-0.39, 0.29) is 17.9 Å². The third kappa shape index (κ3) is 5.32. The van der Waals surface area contributed by atoms with Crippen LogP contribution >= 0.6 is 0 Å². The number of nitrogens with zero attached hydrogens (tertiary/aromatic N) is 2. The number of benzene rings is 2. The fraction of sp³-hybridized carbons (Fsp3) is 0.433. The summed E-state index contributed by atoms with van der Waals surface area (Å²) >= 11 is 0. The second kappa shape index (κ2) is 10.9. The van der Waals surface area contributed by atoms with Crippen LogP contribution in [-0.2, 0) is 19.7 Å². The Balaban J connectivity index is 1.78. The highest BCUT2D eigenvalue weighted by Gasteiger charge is 2.61. The number of carbonyl (C=O) groups is 3. The maximum Gasteiger partial charge on any atom is 0.308 e. The van der Waals surface area contributed by atoms with E-state index < -0.39 is 17.0 Å². The van der Waals surface area contributed by atoms with E-state index in [4.69, 9.17) is 9.47 Å². The normalized spacial score (nSPS) is 25.4. The van der Waals surface area contributed by atoms with Crippen LogP contribution in [0.5, 0.6) is 5.75 Å².